The van der Waals surface area contributed by atoms with Crippen molar-refractivity contribution in [3.8, 4) is 0 Å². The maximum atomic E-state index is 12.7. The largest absolute Gasteiger partial charge is 0.341 e. The SMILES string of the molecule is Cc1ccc([C@@H](NC(=O)c2ccc(I)cc2)c2ccccc2)cc1. The molecule has 1 amide bonds. The Hall–Kier alpha value is -2.14. The van der Waals surface area contributed by atoms with E-state index in [0.29, 0.717) is 5.56 Å². The summed E-state index contributed by atoms with van der Waals surface area (Å²) in [6, 6.07) is 25.8. The Balaban J connectivity index is 1.91. The van der Waals surface area contributed by atoms with E-state index in [2.05, 4.69) is 59.1 Å². The molecule has 1 N–H and O–H groups in total. The van der Waals surface area contributed by atoms with Gasteiger partial charge in [0.1, 0.15) is 0 Å². The Morgan fingerprint density at radius 2 is 1.42 bits per heavy atom. The Morgan fingerprint density at radius 1 is 0.833 bits per heavy atom. The van der Waals surface area contributed by atoms with E-state index in [1.807, 2.05) is 54.6 Å². The number of hydrogen-bond donors (Lipinski definition) is 1. The lowest BCUT2D eigenvalue weighted by atomic mass is 9.97. The first-order valence-electron chi connectivity index (χ1n) is 7.81. The molecule has 0 aliphatic carbocycles. The lowest BCUT2D eigenvalue weighted by Crippen LogP contribution is -2.29. The van der Waals surface area contributed by atoms with Crippen LogP contribution in [-0.4, -0.2) is 5.91 Å². The number of amides is 1. The van der Waals surface area contributed by atoms with Crippen molar-refractivity contribution in [3.05, 3.63) is 105 Å². The Kier molecular flexibility index (Phi) is 5.30. The van der Waals surface area contributed by atoms with E-state index in [1.165, 1.54) is 5.56 Å². The third-order valence-corrected chi connectivity index (χ3v) is 4.64. The van der Waals surface area contributed by atoms with E-state index in [1.54, 1.807) is 0 Å². The number of hydrogen-bond acceptors (Lipinski definition) is 1. The molecule has 0 unspecified atom stereocenters. The van der Waals surface area contributed by atoms with Gasteiger partial charge in [-0.25, -0.2) is 0 Å². The van der Waals surface area contributed by atoms with Crippen LogP contribution in [0.5, 0.6) is 0 Å². The van der Waals surface area contributed by atoms with Crippen LogP contribution in [0.3, 0.4) is 0 Å². The van der Waals surface area contributed by atoms with Crippen molar-refractivity contribution in [2.45, 2.75) is 13.0 Å². The molecule has 0 radical (unpaired) electrons. The van der Waals surface area contributed by atoms with Crippen molar-refractivity contribution in [1.82, 2.24) is 5.32 Å². The van der Waals surface area contributed by atoms with E-state index >= 15 is 0 Å². The van der Waals surface area contributed by atoms with Crippen molar-refractivity contribution in [2.24, 2.45) is 0 Å². The van der Waals surface area contributed by atoms with Crippen molar-refractivity contribution >= 4 is 28.5 Å². The molecular formula is C21H18INO. The zero-order valence-electron chi connectivity index (χ0n) is 13.4. The van der Waals surface area contributed by atoms with Crippen LogP contribution in [-0.2, 0) is 0 Å². The molecule has 24 heavy (non-hydrogen) atoms. The molecule has 0 aromatic heterocycles. The third-order valence-electron chi connectivity index (χ3n) is 3.93. The number of carbonyl (C=O) groups is 1. The van der Waals surface area contributed by atoms with Crippen LogP contribution < -0.4 is 5.32 Å². The standard InChI is InChI=1S/C21H18INO/c1-15-7-9-17(10-8-15)20(16-5-3-2-4-6-16)23-21(24)18-11-13-19(22)14-12-18/h2-14,20H,1H3,(H,23,24)/t20-/m0/s1. The second-order valence-corrected chi connectivity index (χ2v) is 6.98. The van der Waals surface area contributed by atoms with Gasteiger partial charge in [0.05, 0.1) is 6.04 Å². The number of carbonyl (C=O) groups excluding carboxylic acids is 1. The summed E-state index contributed by atoms with van der Waals surface area (Å²) in [4.78, 5) is 12.7. The van der Waals surface area contributed by atoms with Gasteiger partial charge in [-0.2, -0.15) is 0 Å². The van der Waals surface area contributed by atoms with Gasteiger partial charge in [0, 0.05) is 9.13 Å². The summed E-state index contributed by atoms with van der Waals surface area (Å²) in [5.41, 5.74) is 4.02. The smallest absolute Gasteiger partial charge is 0.252 e. The summed E-state index contributed by atoms with van der Waals surface area (Å²) in [5.74, 6) is -0.0687. The van der Waals surface area contributed by atoms with E-state index in [0.717, 1.165) is 14.7 Å². The number of nitrogens with one attached hydrogen (secondary N) is 1. The highest BCUT2D eigenvalue weighted by atomic mass is 127. The molecule has 0 heterocycles. The van der Waals surface area contributed by atoms with Crippen LogP contribution in [0.15, 0.2) is 78.9 Å². The minimum atomic E-state index is -0.168. The Morgan fingerprint density at radius 3 is 2.04 bits per heavy atom. The molecule has 0 saturated heterocycles. The van der Waals surface area contributed by atoms with Gasteiger partial charge >= 0.3 is 0 Å². The minimum Gasteiger partial charge on any atom is -0.341 e. The molecule has 3 aromatic carbocycles. The summed E-state index contributed by atoms with van der Waals surface area (Å²) in [5, 5.41) is 3.16. The van der Waals surface area contributed by atoms with Crippen molar-refractivity contribution in [1.29, 1.82) is 0 Å². The molecule has 120 valence electrons. The molecular weight excluding hydrogens is 409 g/mol. The predicted molar refractivity (Wildman–Crippen MR) is 106 cm³/mol. The maximum absolute atomic E-state index is 12.7. The molecule has 3 heteroatoms. The fourth-order valence-corrected chi connectivity index (χ4v) is 2.94. The van der Waals surface area contributed by atoms with Crippen molar-refractivity contribution in [3.63, 3.8) is 0 Å². The molecule has 0 aliphatic rings. The van der Waals surface area contributed by atoms with Gasteiger partial charge in [-0.3, -0.25) is 4.79 Å². The van der Waals surface area contributed by atoms with Crippen molar-refractivity contribution in [2.75, 3.05) is 0 Å². The van der Waals surface area contributed by atoms with E-state index < -0.39 is 0 Å². The lowest BCUT2D eigenvalue weighted by Gasteiger charge is -2.20. The van der Waals surface area contributed by atoms with Gasteiger partial charge in [-0.15, -0.1) is 0 Å². The molecule has 0 aliphatic heterocycles. The Labute approximate surface area is 156 Å². The zero-order chi connectivity index (χ0) is 16.9. The fraction of sp³-hybridized carbons (Fsp3) is 0.0952. The van der Waals surface area contributed by atoms with Gasteiger partial charge in [0.15, 0.2) is 0 Å². The van der Waals surface area contributed by atoms with Crippen LogP contribution >= 0.6 is 22.6 Å². The second kappa shape index (κ2) is 7.62. The number of halogens is 1. The van der Waals surface area contributed by atoms with Crippen LogP contribution in [0.1, 0.15) is 33.1 Å². The quantitative estimate of drug-likeness (QED) is 0.576. The maximum Gasteiger partial charge on any atom is 0.252 e. The summed E-state index contributed by atoms with van der Waals surface area (Å²) in [6.45, 7) is 2.06. The summed E-state index contributed by atoms with van der Waals surface area (Å²) in [6.07, 6.45) is 0. The molecule has 0 bridgehead atoms. The molecule has 1 atom stereocenters. The fourth-order valence-electron chi connectivity index (χ4n) is 2.58. The summed E-state index contributed by atoms with van der Waals surface area (Å²) in [7, 11) is 0. The highest BCUT2D eigenvalue weighted by Gasteiger charge is 2.17. The first-order chi connectivity index (χ1) is 11.6. The van der Waals surface area contributed by atoms with Gasteiger partial charge in [0.25, 0.3) is 5.91 Å². The van der Waals surface area contributed by atoms with Crippen LogP contribution in [0, 0.1) is 10.5 Å². The van der Waals surface area contributed by atoms with E-state index in [-0.39, 0.29) is 11.9 Å². The topological polar surface area (TPSA) is 29.1 Å². The lowest BCUT2D eigenvalue weighted by molar-refractivity contribution is 0.0943. The third kappa shape index (κ3) is 4.03. The van der Waals surface area contributed by atoms with E-state index in [4.69, 9.17) is 0 Å². The minimum absolute atomic E-state index is 0.0687. The van der Waals surface area contributed by atoms with Gasteiger partial charge in [-0.05, 0) is 64.9 Å². The average molecular weight is 427 g/mol. The average Bonchev–Trinajstić information content (AvgIpc) is 2.62. The highest BCUT2D eigenvalue weighted by Crippen LogP contribution is 2.23. The molecule has 3 rings (SSSR count). The highest BCUT2D eigenvalue weighted by molar-refractivity contribution is 14.1. The Bertz CT molecular complexity index is 811. The monoisotopic (exact) mass is 427 g/mol. The zero-order valence-corrected chi connectivity index (χ0v) is 15.5. The molecule has 0 saturated carbocycles. The number of benzene rings is 3. The number of rotatable bonds is 4. The molecule has 0 spiro atoms. The van der Waals surface area contributed by atoms with Crippen LogP contribution in [0.2, 0.25) is 0 Å². The summed E-state index contributed by atoms with van der Waals surface area (Å²) < 4.78 is 1.11. The first-order valence-corrected chi connectivity index (χ1v) is 8.89. The number of aryl methyl sites for hydroxylation is 1. The predicted octanol–water partition coefficient (Wildman–Crippen LogP) is 5.12. The molecule has 3 aromatic rings. The second-order valence-electron chi connectivity index (χ2n) is 5.73. The van der Waals surface area contributed by atoms with E-state index in [9.17, 15) is 4.79 Å². The first kappa shape index (κ1) is 16.7. The van der Waals surface area contributed by atoms with Gasteiger partial charge in [-0.1, -0.05) is 60.2 Å². The normalized spacial score (nSPS) is 11.8. The van der Waals surface area contributed by atoms with Crippen molar-refractivity contribution < 1.29 is 4.79 Å². The molecule has 0 fully saturated rings. The van der Waals surface area contributed by atoms with Crippen LogP contribution in [0.25, 0.3) is 0 Å². The van der Waals surface area contributed by atoms with Gasteiger partial charge in [0.2, 0.25) is 0 Å². The summed E-state index contributed by atoms with van der Waals surface area (Å²) >= 11 is 2.24. The van der Waals surface area contributed by atoms with Gasteiger partial charge < -0.3 is 5.32 Å². The molecule has 2 nitrogen and oxygen atoms in total. The van der Waals surface area contributed by atoms with Crippen LogP contribution in [0.4, 0.5) is 0 Å².